The molecular formula is C32H40NO3. The summed E-state index contributed by atoms with van der Waals surface area (Å²) in [6, 6.07) is 17.1. The summed E-state index contributed by atoms with van der Waals surface area (Å²) in [5, 5.41) is 0. The second kappa shape index (κ2) is 10.5. The summed E-state index contributed by atoms with van der Waals surface area (Å²) in [5.74, 6) is 3.14. The van der Waals surface area contributed by atoms with Gasteiger partial charge in [0.05, 0.1) is 6.61 Å². The number of rotatable bonds is 5. The Balaban J connectivity index is 1.19. The number of hydrogen-bond donors (Lipinski definition) is 0. The van der Waals surface area contributed by atoms with E-state index in [0.717, 1.165) is 37.3 Å². The number of ether oxygens (including phenoxy) is 2. The third-order valence-electron chi connectivity index (χ3n) is 9.50. The second-order valence-electron chi connectivity index (χ2n) is 11.5. The lowest BCUT2D eigenvalue weighted by molar-refractivity contribution is -0.0137. The number of amides is 1. The van der Waals surface area contributed by atoms with E-state index in [1.54, 1.807) is 5.92 Å². The second-order valence-corrected chi connectivity index (χ2v) is 11.5. The summed E-state index contributed by atoms with van der Waals surface area (Å²) in [6.45, 7) is 1.91. The van der Waals surface area contributed by atoms with E-state index in [1.165, 1.54) is 75.3 Å². The van der Waals surface area contributed by atoms with E-state index >= 15 is 0 Å². The van der Waals surface area contributed by atoms with E-state index in [1.807, 2.05) is 30.3 Å². The maximum atomic E-state index is 13.3. The summed E-state index contributed by atoms with van der Waals surface area (Å²) >= 11 is 0. The number of carbonyl (C=O) groups is 1. The van der Waals surface area contributed by atoms with Gasteiger partial charge in [-0.1, -0.05) is 74.9 Å². The molecule has 4 heteroatoms. The van der Waals surface area contributed by atoms with Crippen LogP contribution in [0.25, 0.3) is 0 Å². The van der Waals surface area contributed by atoms with E-state index in [-0.39, 0.29) is 17.6 Å². The molecule has 6 rings (SSSR count). The largest absolute Gasteiger partial charge is 0.493 e. The molecule has 0 unspecified atom stereocenters. The quantitative estimate of drug-likeness (QED) is 0.414. The molecule has 1 amide bonds. The van der Waals surface area contributed by atoms with Gasteiger partial charge in [0.1, 0.15) is 12.4 Å². The van der Waals surface area contributed by atoms with Crippen molar-refractivity contribution in [2.75, 3.05) is 13.2 Å². The fourth-order valence-corrected chi connectivity index (χ4v) is 7.66. The average Bonchev–Trinajstić information content (AvgIpc) is 3.20. The molecule has 3 atom stereocenters. The molecule has 4 nitrogen and oxygen atoms in total. The van der Waals surface area contributed by atoms with Crippen molar-refractivity contribution in [3.05, 3.63) is 71.1 Å². The number of piperidine rings is 1. The molecule has 2 bridgehead atoms. The SMILES string of the molecule is O=C(OCc1ccccc1)N1CC[C@]23CCCC[C@H]2[C@H]1Cc1ccc(OC[C]2CCCCCC2)cc13. The van der Waals surface area contributed by atoms with Crippen molar-refractivity contribution in [3.8, 4) is 5.75 Å². The van der Waals surface area contributed by atoms with E-state index in [2.05, 4.69) is 23.1 Å². The zero-order chi connectivity index (χ0) is 24.4. The number of hydrogen-bond acceptors (Lipinski definition) is 3. The molecule has 1 aliphatic heterocycles. The average molecular weight is 487 g/mol. The minimum absolute atomic E-state index is 0.146. The van der Waals surface area contributed by atoms with Crippen LogP contribution < -0.4 is 4.74 Å². The van der Waals surface area contributed by atoms with Gasteiger partial charge >= 0.3 is 6.09 Å². The summed E-state index contributed by atoms with van der Waals surface area (Å²) in [5.41, 5.74) is 4.15. The highest BCUT2D eigenvalue weighted by atomic mass is 16.6. The van der Waals surface area contributed by atoms with Gasteiger partial charge in [-0.25, -0.2) is 4.79 Å². The highest BCUT2D eigenvalue weighted by molar-refractivity contribution is 5.69. The van der Waals surface area contributed by atoms with Crippen molar-refractivity contribution in [2.24, 2.45) is 5.92 Å². The van der Waals surface area contributed by atoms with E-state index < -0.39 is 0 Å². The van der Waals surface area contributed by atoms with Gasteiger partial charge in [0.2, 0.25) is 0 Å². The lowest BCUT2D eigenvalue weighted by atomic mass is 9.52. The first-order valence-corrected chi connectivity index (χ1v) is 14.3. The highest BCUT2D eigenvalue weighted by Crippen LogP contribution is 2.56. The predicted molar refractivity (Wildman–Crippen MR) is 142 cm³/mol. The third kappa shape index (κ3) is 4.64. The lowest BCUT2D eigenvalue weighted by Crippen LogP contribution is -2.62. The van der Waals surface area contributed by atoms with Crippen LogP contribution in [-0.2, 0) is 23.2 Å². The smallest absolute Gasteiger partial charge is 0.410 e. The molecular weight excluding hydrogens is 446 g/mol. The van der Waals surface area contributed by atoms with Crippen LogP contribution >= 0.6 is 0 Å². The van der Waals surface area contributed by atoms with Gasteiger partial charge < -0.3 is 14.4 Å². The summed E-state index contributed by atoms with van der Waals surface area (Å²) < 4.78 is 12.2. The molecule has 2 saturated carbocycles. The maximum absolute atomic E-state index is 13.3. The molecule has 3 aliphatic carbocycles. The van der Waals surface area contributed by atoms with E-state index in [4.69, 9.17) is 9.47 Å². The van der Waals surface area contributed by atoms with E-state index in [0.29, 0.717) is 12.5 Å². The molecule has 0 spiro atoms. The molecule has 2 aromatic carbocycles. The van der Waals surface area contributed by atoms with Crippen molar-refractivity contribution >= 4 is 6.09 Å². The van der Waals surface area contributed by atoms with Gasteiger partial charge in [-0.3, -0.25) is 0 Å². The standard InChI is InChI=1S/C32H40NO3/c34-31(36-23-25-12-6-3-7-13-25)33-19-18-32-17-9-8-14-28(32)30(33)20-26-15-16-27(21-29(26)32)35-22-24-10-4-1-2-5-11-24/h3,6-7,12-13,15-16,21,28,30H,1-2,4-5,8-11,14,17-20,22-23H2/t28-,30+,32+/m0/s1. The van der Waals surface area contributed by atoms with Crippen LogP contribution in [0, 0.1) is 11.8 Å². The molecule has 1 heterocycles. The van der Waals surface area contributed by atoms with Gasteiger partial charge in [0.15, 0.2) is 0 Å². The van der Waals surface area contributed by atoms with Crippen molar-refractivity contribution in [2.45, 2.75) is 95.1 Å². The normalized spacial score (nSPS) is 27.9. The fourth-order valence-electron chi connectivity index (χ4n) is 7.66. The van der Waals surface area contributed by atoms with Gasteiger partial charge in [0, 0.05) is 23.9 Å². The van der Waals surface area contributed by atoms with Gasteiger partial charge in [-0.05, 0) is 73.3 Å². The Morgan fingerprint density at radius 2 is 1.75 bits per heavy atom. The van der Waals surface area contributed by atoms with Gasteiger partial charge in [-0.2, -0.15) is 0 Å². The predicted octanol–water partition coefficient (Wildman–Crippen LogP) is 7.39. The van der Waals surface area contributed by atoms with Crippen LogP contribution in [0.4, 0.5) is 4.79 Å². The number of carbonyl (C=O) groups excluding carboxylic acids is 1. The molecule has 0 N–H and O–H groups in total. The van der Waals surface area contributed by atoms with Crippen LogP contribution in [0.3, 0.4) is 0 Å². The zero-order valence-corrected chi connectivity index (χ0v) is 21.6. The minimum Gasteiger partial charge on any atom is -0.493 e. The van der Waals surface area contributed by atoms with Crippen LogP contribution in [0.2, 0.25) is 0 Å². The molecule has 4 aliphatic rings. The Bertz CT molecular complexity index is 1040. The molecule has 0 aromatic heterocycles. The van der Waals surface area contributed by atoms with Crippen molar-refractivity contribution in [1.29, 1.82) is 0 Å². The Morgan fingerprint density at radius 1 is 0.917 bits per heavy atom. The summed E-state index contributed by atoms with van der Waals surface area (Å²) in [4.78, 5) is 15.3. The summed E-state index contributed by atoms with van der Waals surface area (Å²) in [6.07, 6.45) is 14.6. The topological polar surface area (TPSA) is 38.8 Å². The minimum atomic E-state index is -0.146. The fraction of sp³-hybridized carbons (Fsp3) is 0.562. The van der Waals surface area contributed by atoms with E-state index in [9.17, 15) is 4.79 Å². The molecule has 191 valence electrons. The first-order chi connectivity index (χ1) is 17.7. The monoisotopic (exact) mass is 486 g/mol. The number of likely N-dealkylation sites (tertiary alicyclic amines) is 1. The first-order valence-electron chi connectivity index (χ1n) is 14.3. The number of benzene rings is 2. The lowest BCUT2D eigenvalue weighted by Gasteiger charge is -2.58. The van der Waals surface area contributed by atoms with Crippen LogP contribution in [-0.4, -0.2) is 30.2 Å². The van der Waals surface area contributed by atoms with Crippen molar-refractivity contribution in [3.63, 3.8) is 0 Å². The Labute approximate surface area is 216 Å². The molecule has 1 saturated heterocycles. The maximum Gasteiger partial charge on any atom is 0.410 e. The summed E-state index contributed by atoms with van der Waals surface area (Å²) in [7, 11) is 0. The van der Waals surface area contributed by atoms with Gasteiger partial charge in [-0.15, -0.1) is 0 Å². The number of fused-ring (bicyclic) bond motifs is 1. The van der Waals surface area contributed by atoms with Crippen LogP contribution in [0.1, 0.15) is 87.3 Å². The number of nitrogens with zero attached hydrogens (tertiary/aromatic N) is 1. The van der Waals surface area contributed by atoms with Crippen LogP contribution in [0.5, 0.6) is 5.75 Å². The Hall–Kier alpha value is -2.49. The van der Waals surface area contributed by atoms with Crippen molar-refractivity contribution in [1.82, 2.24) is 4.90 Å². The highest BCUT2D eigenvalue weighted by Gasteiger charge is 2.55. The molecule has 36 heavy (non-hydrogen) atoms. The third-order valence-corrected chi connectivity index (χ3v) is 9.50. The van der Waals surface area contributed by atoms with Crippen molar-refractivity contribution < 1.29 is 14.3 Å². The zero-order valence-electron chi connectivity index (χ0n) is 21.6. The molecule has 1 radical (unpaired) electrons. The Morgan fingerprint density at radius 3 is 2.58 bits per heavy atom. The molecule has 2 aromatic rings. The Kier molecular flexibility index (Phi) is 6.95. The first kappa shape index (κ1) is 23.9. The van der Waals surface area contributed by atoms with Crippen LogP contribution in [0.15, 0.2) is 48.5 Å². The molecule has 3 fully saturated rings. The van der Waals surface area contributed by atoms with Gasteiger partial charge in [0.25, 0.3) is 0 Å².